The van der Waals surface area contributed by atoms with Gasteiger partial charge in [0.1, 0.15) is 27.6 Å². The monoisotopic (exact) mass is 576 g/mol. The molecule has 1 saturated heterocycles. The van der Waals surface area contributed by atoms with Crippen LogP contribution < -0.4 is 15.4 Å². The zero-order valence-corrected chi connectivity index (χ0v) is 23.2. The molecule has 3 heterocycles. The molecule has 3 aromatic rings. The minimum Gasteiger partial charge on any atom is -0.476 e. The Hall–Kier alpha value is -3.61. The van der Waals surface area contributed by atoms with Crippen LogP contribution in [-0.2, 0) is 9.73 Å². The molecule has 1 amide bonds. The maximum atomic E-state index is 14.1. The van der Waals surface area contributed by atoms with Crippen molar-refractivity contribution in [3.8, 4) is 11.7 Å². The molecule has 1 saturated carbocycles. The number of pyridine rings is 1. The average Bonchev–Trinajstić information content (AvgIpc) is 3.45. The molecule has 2 atom stereocenters. The minimum absolute atomic E-state index is 0.00144. The molecule has 13 heteroatoms. The average molecular weight is 577 g/mol. The lowest BCUT2D eigenvalue weighted by atomic mass is 9.97. The Labute approximate surface area is 230 Å². The number of nitrogens with zero attached hydrogens (tertiary/aromatic N) is 4. The summed E-state index contributed by atoms with van der Waals surface area (Å²) in [7, 11) is -3.74. The van der Waals surface area contributed by atoms with Gasteiger partial charge in [-0.1, -0.05) is 25.1 Å². The molecule has 9 nitrogen and oxygen atoms in total. The van der Waals surface area contributed by atoms with E-state index in [2.05, 4.69) is 12.0 Å². The Kier molecular flexibility index (Phi) is 6.63. The number of hydrogen-bond acceptors (Lipinski definition) is 7. The summed E-state index contributed by atoms with van der Waals surface area (Å²) in [6, 6.07) is 10.8. The van der Waals surface area contributed by atoms with Crippen LogP contribution in [0.2, 0.25) is 0 Å². The Morgan fingerprint density at radius 2 is 1.90 bits per heavy atom. The summed E-state index contributed by atoms with van der Waals surface area (Å²) in [5.41, 5.74) is 3.44. The van der Waals surface area contributed by atoms with E-state index in [0.717, 1.165) is 6.42 Å². The normalized spacial score (nSPS) is 21.1. The molecule has 214 valence electrons. The van der Waals surface area contributed by atoms with Crippen LogP contribution >= 0.6 is 0 Å². The standard InChI is InChI=1S/C27H31F3N6O3S/c1-17-14-25(2,3)35(15-17)24-22(23(31)37)19(40(32,38)18-7-5-4-6-8-18)13-20(33-24)36-12-9-21(34-36)39-16-26(10-11-26)27(28,29)30/h4-9,12-13,17,32H,10-11,14-16H2,1-3H3,(H2,31,37)/t17-,40?/m0/s1. The first-order valence-electron chi connectivity index (χ1n) is 12.9. The van der Waals surface area contributed by atoms with E-state index < -0.39 is 39.4 Å². The largest absolute Gasteiger partial charge is 0.476 e. The first kappa shape index (κ1) is 27.9. The second-order valence-corrected chi connectivity index (χ2v) is 13.3. The predicted octanol–water partition coefficient (Wildman–Crippen LogP) is 5.18. The number of nitrogens with one attached hydrogen (secondary N) is 1. The third-order valence-electron chi connectivity index (χ3n) is 7.66. The summed E-state index contributed by atoms with van der Waals surface area (Å²) in [5.74, 6) is -0.358. The molecule has 0 bridgehead atoms. The Balaban J connectivity index is 1.63. The summed E-state index contributed by atoms with van der Waals surface area (Å²) < 4.78 is 69.7. The van der Waals surface area contributed by atoms with E-state index in [9.17, 15) is 22.2 Å². The van der Waals surface area contributed by atoms with Crippen LogP contribution in [0.15, 0.2) is 58.5 Å². The smallest absolute Gasteiger partial charge is 0.397 e. The van der Waals surface area contributed by atoms with Crippen molar-refractivity contribution in [3.05, 3.63) is 54.2 Å². The van der Waals surface area contributed by atoms with Crippen molar-refractivity contribution >= 4 is 21.5 Å². The number of ether oxygens (including phenoxy) is 1. The van der Waals surface area contributed by atoms with Crippen LogP contribution in [0.4, 0.5) is 19.0 Å². The highest BCUT2D eigenvalue weighted by Gasteiger charge is 2.64. The summed E-state index contributed by atoms with van der Waals surface area (Å²) in [4.78, 5) is 19.6. The second-order valence-electron chi connectivity index (χ2n) is 11.3. The number of nitrogens with two attached hydrogens (primary N) is 1. The van der Waals surface area contributed by atoms with Gasteiger partial charge < -0.3 is 15.4 Å². The van der Waals surface area contributed by atoms with Crippen LogP contribution in [0.3, 0.4) is 0 Å². The number of rotatable bonds is 8. The fraction of sp³-hybridized carbons (Fsp3) is 0.444. The molecule has 5 rings (SSSR count). The highest BCUT2D eigenvalue weighted by Crippen LogP contribution is 2.57. The molecule has 1 aliphatic heterocycles. The van der Waals surface area contributed by atoms with E-state index in [0.29, 0.717) is 6.54 Å². The summed E-state index contributed by atoms with van der Waals surface area (Å²) in [6.07, 6.45) is -2.11. The summed E-state index contributed by atoms with van der Waals surface area (Å²) in [5, 5.41) is 4.26. The zero-order chi connectivity index (χ0) is 29.1. The van der Waals surface area contributed by atoms with Crippen molar-refractivity contribution < 1.29 is 26.9 Å². The summed E-state index contributed by atoms with van der Waals surface area (Å²) in [6.45, 7) is 6.06. The first-order valence-corrected chi connectivity index (χ1v) is 14.4. The highest BCUT2D eigenvalue weighted by molar-refractivity contribution is 7.92. The SMILES string of the molecule is C[C@@H]1CN(c2nc(-n3ccc(OCC4(C(F)(F)F)CC4)n3)cc(S(=N)(=O)c3ccccc3)c2C(N)=O)C(C)(C)C1. The van der Waals surface area contributed by atoms with Crippen LogP contribution in [0.25, 0.3) is 5.82 Å². The molecule has 40 heavy (non-hydrogen) atoms. The number of carbonyl (C=O) groups excluding carboxylic acids is 1. The van der Waals surface area contributed by atoms with Gasteiger partial charge in [-0.3, -0.25) is 4.79 Å². The second kappa shape index (κ2) is 9.50. The molecular weight excluding hydrogens is 545 g/mol. The van der Waals surface area contributed by atoms with Gasteiger partial charge in [-0.25, -0.2) is 18.7 Å². The van der Waals surface area contributed by atoms with Gasteiger partial charge in [-0.05, 0) is 51.2 Å². The van der Waals surface area contributed by atoms with Crippen molar-refractivity contribution in [1.29, 1.82) is 4.78 Å². The third kappa shape index (κ3) is 4.91. The van der Waals surface area contributed by atoms with Gasteiger partial charge in [0.05, 0.1) is 15.4 Å². The molecule has 1 unspecified atom stereocenters. The quantitative estimate of drug-likeness (QED) is 0.381. The van der Waals surface area contributed by atoms with Crippen molar-refractivity contribution in [3.63, 3.8) is 0 Å². The number of amides is 1. The minimum atomic E-state index is -4.36. The van der Waals surface area contributed by atoms with Gasteiger partial charge in [0.2, 0.25) is 5.88 Å². The number of anilines is 1. The van der Waals surface area contributed by atoms with E-state index in [1.54, 1.807) is 18.2 Å². The number of alkyl halides is 3. The van der Waals surface area contributed by atoms with E-state index in [1.807, 2.05) is 18.7 Å². The summed E-state index contributed by atoms with van der Waals surface area (Å²) >= 11 is 0. The third-order valence-corrected chi connectivity index (χ3v) is 9.54. The first-order chi connectivity index (χ1) is 18.6. The maximum absolute atomic E-state index is 14.1. The lowest BCUT2D eigenvalue weighted by molar-refractivity contribution is -0.194. The van der Waals surface area contributed by atoms with E-state index in [-0.39, 0.29) is 51.6 Å². The molecular formula is C27H31F3N6O3S. The number of halogens is 3. The molecule has 1 aliphatic carbocycles. The van der Waals surface area contributed by atoms with Gasteiger partial charge in [-0.2, -0.15) is 13.2 Å². The molecule has 2 aliphatic rings. The Morgan fingerprint density at radius 3 is 2.45 bits per heavy atom. The van der Waals surface area contributed by atoms with E-state index >= 15 is 0 Å². The molecule has 2 aromatic heterocycles. The van der Waals surface area contributed by atoms with Gasteiger partial charge >= 0.3 is 6.18 Å². The Bertz CT molecular complexity index is 1550. The highest BCUT2D eigenvalue weighted by atomic mass is 32.2. The topological polar surface area (TPSA) is 127 Å². The van der Waals surface area contributed by atoms with E-state index in [4.69, 9.17) is 20.2 Å². The van der Waals surface area contributed by atoms with Gasteiger partial charge in [0, 0.05) is 30.4 Å². The molecule has 0 radical (unpaired) electrons. The molecule has 2 fully saturated rings. The number of hydrogen-bond donors (Lipinski definition) is 2. The zero-order valence-electron chi connectivity index (χ0n) is 22.4. The van der Waals surface area contributed by atoms with Crippen LogP contribution in [0, 0.1) is 16.1 Å². The lowest BCUT2D eigenvalue weighted by Crippen LogP contribution is -2.40. The molecule has 0 spiro atoms. The molecule has 1 aromatic carbocycles. The van der Waals surface area contributed by atoms with Crippen molar-refractivity contribution in [2.24, 2.45) is 17.1 Å². The van der Waals surface area contributed by atoms with Gasteiger partial charge in [0.25, 0.3) is 5.91 Å². The van der Waals surface area contributed by atoms with Gasteiger partial charge in [0.15, 0.2) is 5.82 Å². The number of carbonyl (C=O) groups is 1. The number of primary amides is 1. The van der Waals surface area contributed by atoms with Crippen molar-refractivity contribution in [2.75, 3.05) is 18.1 Å². The van der Waals surface area contributed by atoms with Gasteiger partial charge in [-0.15, -0.1) is 5.10 Å². The van der Waals surface area contributed by atoms with Crippen molar-refractivity contribution in [1.82, 2.24) is 14.8 Å². The van der Waals surface area contributed by atoms with E-state index in [1.165, 1.54) is 35.1 Å². The van der Waals surface area contributed by atoms with Crippen molar-refractivity contribution in [2.45, 2.75) is 61.5 Å². The van der Waals surface area contributed by atoms with Crippen LogP contribution in [0.5, 0.6) is 5.88 Å². The predicted molar refractivity (Wildman–Crippen MR) is 142 cm³/mol. The molecule has 3 N–H and O–H groups in total. The fourth-order valence-electron chi connectivity index (χ4n) is 5.35. The maximum Gasteiger partial charge on any atom is 0.397 e. The lowest BCUT2D eigenvalue weighted by Gasteiger charge is -2.34. The van der Waals surface area contributed by atoms with Crippen LogP contribution in [0.1, 0.15) is 50.4 Å². The fourth-order valence-corrected chi connectivity index (χ4v) is 6.90. The number of aromatic nitrogens is 3. The van der Waals surface area contributed by atoms with Crippen LogP contribution in [-0.4, -0.2) is 49.7 Å². The number of benzene rings is 1. The Morgan fingerprint density at radius 1 is 1.23 bits per heavy atom.